The maximum absolute atomic E-state index is 12.9. The summed E-state index contributed by atoms with van der Waals surface area (Å²) in [6.07, 6.45) is 0.332. The summed E-state index contributed by atoms with van der Waals surface area (Å²) < 4.78 is 5.60. The van der Waals surface area contributed by atoms with Gasteiger partial charge >= 0.3 is 12.1 Å². The number of nitrogens with zero attached hydrogens (tertiary/aromatic N) is 1. The lowest BCUT2D eigenvalue weighted by Gasteiger charge is -2.24. The highest BCUT2D eigenvalue weighted by Gasteiger charge is 2.43. The lowest BCUT2D eigenvalue weighted by atomic mass is 9.98. The molecule has 3 aliphatic rings. The van der Waals surface area contributed by atoms with Crippen LogP contribution in [-0.4, -0.2) is 64.4 Å². The van der Waals surface area contributed by atoms with E-state index in [0.717, 1.165) is 22.3 Å². The van der Waals surface area contributed by atoms with Gasteiger partial charge in [0.2, 0.25) is 5.91 Å². The van der Waals surface area contributed by atoms with Gasteiger partial charge in [0.1, 0.15) is 12.6 Å². The number of hydrogen-bond donors (Lipinski definition) is 3. The number of aliphatic carboxylic acids is 1. The van der Waals surface area contributed by atoms with E-state index in [1.165, 1.54) is 4.90 Å². The second kappa shape index (κ2) is 9.10. The molecule has 8 nitrogen and oxygen atoms in total. The van der Waals surface area contributed by atoms with Crippen LogP contribution in [0.4, 0.5) is 4.79 Å². The van der Waals surface area contributed by atoms with E-state index in [9.17, 15) is 24.6 Å². The predicted molar refractivity (Wildman–Crippen MR) is 123 cm³/mol. The second-order valence-electron chi connectivity index (χ2n) is 9.41. The van der Waals surface area contributed by atoms with Crippen molar-refractivity contribution in [2.24, 2.45) is 5.92 Å². The SMILES string of the molecule is O=C(N[C@H]1CC[C@@H](C(=O)N2CC(O)C[C@H]2C(=O)O)C1)OCC1c2ccccc2-c2ccccc21. The van der Waals surface area contributed by atoms with Crippen LogP contribution in [0.3, 0.4) is 0 Å². The van der Waals surface area contributed by atoms with E-state index in [-0.39, 0.29) is 43.4 Å². The zero-order chi connectivity index (χ0) is 23.8. The Labute approximate surface area is 197 Å². The van der Waals surface area contributed by atoms with Gasteiger partial charge in [-0.05, 0) is 41.5 Å². The minimum atomic E-state index is -1.10. The van der Waals surface area contributed by atoms with E-state index < -0.39 is 24.2 Å². The number of aliphatic hydroxyl groups is 1. The molecule has 8 heteroatoms. The summed E-state index contributed by atoms with van der Waals surface area (Å²) in [6, 6.07) is 15.1. The predicted octanol–water partition coefficient (Wildman–Crippen LogP) is 2.74. The molecule has 2 aromatic carbocycles. The number of alkyl carbamates (subject to hydrolysis) is 1. The van der Waals surface area contributed by atoms with E-state index in [4.69, 9.17) is 4.74 Å². The summed E-state index contributed by atoms with van der Waals surface area (Å²) >= 11 is 0. The molecule has 5 rings (SSSR count). The van der Waals surface area contributed by atoms with Gasteiger partial charge in [0, 0.05) is 30.8 Å². The molecule has 34 heavy (non-hydrogen) atoms. The van der Waals surface area contributed by atoms with Crippen LogP contribution in [0.5, 0.6) is 0 Å². The quantitative estimate of drug-likeness (QED) is 0.627. The number of likely N-dealkylation sites (tertiary alicyclic amines) is 1. The molecule has 2 fully saturated rings. The lowest BCUT2D eigenvalue weighted by molar-refractivity contribution is -0.149. The average molecular weight is 465 g/mol. The molecule has 3 N–H and O–H groups in total. The number of fused-ring (bicyclic) bond motifs is 3. The highest BCUT2D eigenvalue weighted by atomic mass is 16.5. The maximum Gasteiger partial charge on any atom is 0.407 e. The number of ether oxygens (including phenoxy) is 1. The normalized spacial score (nSPS) is 25.6. The molecule has 1 saturated carbocycles. The van der Waals surface area contributed by atoms with Gasteiger partial charge in [0.05, 0.1) is 6.10 Å². The van der Waals surface area contributed by atoms with Gasteiger partial charge in [-0.1, -0.05) is 48.5 Å². The summed E-state index contributed by atoms with van der Waals surface area (Å²) in [5.41, 5.74) is 4.61. The summed E-state index contributed by atoms with van der Waals surface area (Å²) in [5.74, 6) is -1.76. The molecule has 2 aliphatic carbocycles. The molecule has 2 amide bonds. The number of carboxylic acids is 1. The van der Waals surface area contributed by atoms with Crippen molar-refractivity contribution in [2.45, 2.75) is 49.8 Å². The summed E-state index contributed by atoms with van der Waals surface area (Å²) in [6.45, 7) is 0.262. The molecule has 0 spiro atoms. The van der Waals surface area contributed by atoms with Crippen LogP contribution >= 0.6 is 0 Å². The van der Waals surface area contributed by atoms with Crippen LogP contribution in [0.2, 0.25) is 0 Å². The number of β-amino-alcohol motifs (C(OH)–C–C–N with tert-alkyl or cyclic N) is 1. The Kier molecular flexibility index (Phi) is 6.00. The van der Waals surface area contributed by atoms with Crippen molar-refractivity contribution in [3.8, 4) is 11.1 Å². The Morgan fingerprint density at radius 3 is 2.26 bits per heavy atom. The van der Waals surface area contributed by atoms with Crippen molar-refractivity contribution in [3.05, 3.63) is 59.7 Å². The molecule has 1 aliphatic heterocycles. The third kappa shape index (κ3) is 4.14. The summed E-state index contributed by atoms with van der Waals surface area (Å²) in [4.78, 5) is 38.2. The molecule has 2 aromatic rings. The Balaban J connectivity index is 1.16. The van der Waals surface area contributed by atoms with E-state index in [2.05, 4.69) is 29.6 Å². The zero-order valence-electron chi connectivity index (χ0n) is 18.7. The fourth-order valence-corrected chi connectivity index (χ4v) is 5.67. The number of nitrogens with one attached hydrogen (secondary N) is 1. The number of aliphatic hydroxyl groups excluding tert-OH is 1. The minimum Gasteiger partial charge on any atom is -0.480 e. The van der Waals surface area contributed by atoms with Gasteiger partial charge in [0.25, 0.3) is 0 Å². The first-order chi connectivity index (χ1) is 16.4. The zero-order valence-corrected chi connectivity index (χ0v) is 18.7. The third-order valence-electron chi connectivity index (χ3n) is 7.29. The van der Waals surface area contributed by atoms with Gasteiger partial charge < -0.3 is 25.2 Å². The minimum absolute atomic E-state index is 0.0226. The number of carboxylic acid groups (broad SMARTS) is 1. The molecule has 1 heterocycles. The molecule has 1 unspecified atom stereocenters. The standard InChI is InChI=1S/C26H28N2O6/c29-17-12-23(25(31)32)28(13-17)24(30)15-9-10-16(11-15)27-26(33)34-14-22-20-7-3-1-5-18(20)19-6-2-4-8-21(19)22/h1-8,15-17,22-23,29H,9-14H2,(H,27,33)(H,31,32)/t15-,16+,17?,23+/m1/s1. The van der Waals surface area contributed by atoms with Crippen molar-refractivity contribution in [2.75, 3.05) is 13.2 Å². The van der Waals surface area contributed by atoms with Crippen LogP contribution in [0.25, 0.3) is 11.1 Å². The van der Waals surface area contributed by atoms with Crippen LogP contribution < -0.4 is 5.32 Å². The lowest BCUT2D eigenvalue weighted by Crippen LogP contribution is -2.43. The Bertz CT molecular complexity index is 1070. The monoisotopic (exact) mass is 464 g/mol. The molecule has 178 valence electrons. The number of amides is 2. The van der Waals surface area contributed by atoms with E-state index >= 15 is 0 Å². The smallest absolute Gasteiger partial charge is 0.407 e. The topological polar surface area (TPSA) is 116 Å². The molecular formula is C26H28N2O6. The second-order valence-corrected chi connectivity index (χ2v) is 9.41. The molecule has 0 aromatic heterocycles. The highest BCUT2D eigenvalue weighted by Crippen LogP contribution is 2.44. The average Bonchev–Trinajstić information content (AvgIpc) is 3.53. The highest BCUT2D eigenvalue weighted by molar-refractivity contribution is 5.86. The van der Waals surface area contributed by atoms with Gasteiger partial charge in [-0.2, -0.15) is 0 Å². The molecule has 0 radical (unpaired) electrons. The third-order valence-corrected chi connectivity index (χ3v) is 7.29. The first kappa shape index (κ1) is 22.4. The van der Waals surface area contributed by atoms with Crippen LogP contribution in [-0.2, 0) is 14.3 Å². The number of benzene rings is 2. The van der Waals surface area contributed by atoms with Crippen molar-refractivity contribution in [1.82, 2.24) is 10.2 Å². The first-order valence-electron chi connectivity index (χ1n) is 11.7. The summed E-state index contributed by atoms with van der Waals surface area (Å²) in [7, 11) is 0. The Morgan fingerprint density at radius 1 is 0.971 bits per heavy atom. The number of carbonyl (C=O) groups is 3. The molecule has 1 saturated heterocycles. The fourth-order valence-electron chi connectivity index (χ4n) is 5.67. The van der Waals surface area contributed by atoms with Crippen LogP contribution in [0.1, 0.15) is 42.7 Å². The largest absolute Gasteiger partial charge is 0.480 e. The number of hydrogen-bond acceptors (Lipinski definition) is 5. The van der Waals surface area contributed by atoms with E-state index in [1.54, 1.807) is 0 Å². The molecule has 4 atom stereocenters. The Hall–Kier alpha value is -3.39. The molecular weight excluding hydrogens is 436 g/mol. The van der Waals surface area contributed by atoms with Gasteiger partial charge in [-0.15, -0.1) is 0 Å². The van der Waals surface area contributed by atoms with Crippen molar-refractivity contribution in [3.63, 3.8) is 0 Å². The van der Waals surface area contributed by atoms with Gasteiger partial charge in [-0.25, -0.2) is 9.59 Å². The Morgan fingerprint density at radius 2 is 1.62 bits per heavy atom. The van der Waals surface area contributed by atoms with Gasteiger partial charge in [-0.3, -0.25) is 4.79 Å². The molecule has 0 bridgehead atoms. The fraction of sp³-hybridized carbons (Fsp3) is 0.423. The number of carbonyl (C=O) groups excluding carboxylic acids is 2. The van der Waals surface area contributed by atoms with E-state index in [0.29, 0.717) is 19.3 Å². The maximum atomic E-state index is 12.9. The van der Waals surface area contributed by atoms with E-state index in [1.807, 2.05) is 24.3 Å². The van der Waals surface area contributed by atoms with Crippen LogP contribution in [0.15, 0.2) is 48.5 Å². The van der Waals surface area contributed by atoms with Gasteiger partial charge in [0.15, 0.2) is 0 Å². The first-order valence-corrected chi connectivity index (χ1v) is 11.7. The number of rotatable bonds is 5. The van der Waals surface area contributed by atoms with Crippen molar-refractivity contribution < 1.29 is 29.3 Å². The van der Waals surface area contributed by atoms with Crippen LogP contribution in [0, 0.1) is 5.92 Å². The van der Waals surface area contributed by atoms with Crippen molar-refractivity contribution >= 4 is 18.0 Å². The van der Waals surface area contributed by atoms with Crippen molar-refractivity contribution in [1.29, 1.82) is 0 Å². The summed E-state index contributed by atoms with van der Waals surface area (Å²) in [5, 5.41) is 22.1.